The number of carbonyl (C=O) groups is 1. The van der Waals surface area contributed by atoms with Crippen LogP contribution in [-0.2, 0) is 16.1 Å². The Morgan fingerprint density at radius 3 is 2.65 bits per heavy atom. The molecule has 4 aromatic heterocycles. The summed E-state index contributed by atoms with van der Waals surface area (Å²) in [6.45, 7) is 11.0. The SMILES string of the molecule is CC(C)(C(N)=O)N1CCN(Cc2cc3nc(-c4cccc5nncn45)nc(N4CCOCC4)c3s2)CC1. The zero-order chi connectivity index (χ0) is 25.6. The smallest absolute Gasteiger partial charge is 0.237 e. The minimum absolute atomic E-state index is 0.280. The zero-order valence-corrected chi connectivity index (χ0v) is 21.9. The molecule has 2 N–H and O–H groups in total. The van der Waals surface area contributed by atoms with Crippen LogP contribution < -0.4 is 10.6 Å². The van der Waals surface area contributed by atoms with E-state index in [1.165, 1.54) is 4.88 Å². The van der Waals surface area contributed by atoms with Crippen molar-refractivity contribution in [2.75, 3.05) is 57.4 Å². The third-order valence-electron chi connectivity index (χ3n) is 7.42. The van der Waals surface area contributed by atoms with Crippen molar-refractivity contribution in [2.45, 2.75) is 25.9 Å². The standard InChI is InChI=1S/C25H31N9O2S/c1-25(2,24(26)35)33-8-6-31(7-9-33)15-17-14-18-21(37-17)23(32-10-12-36-13-11-32)29-22(28-18)19-4-3-5-20-30-27-16-34(19)20/h3-5,14,16H,6-13,15H2,1-2H3,(H2,26,35). The number of carbonyl (C=O) groups excluding carboxylic acids is 1. The van der Waals surface area contributed by atoms with Crippen LogP contribution in [0.15, 0.2) is 30.6 Å². The van der Waals surface area contributed by atoms with Gasteiger partial charge in [0.05, 0.1) is 34.7 Å². The van der Waals surface area contributed by atoms with Gasteiger partial charge in [-0.25, -0.2) is 9.97 Å². The quantitative estimate of drug-likeness (QED) is 0.404. The Bertz CT molecular complexity index is 1430. The van der Waals surface area contributed by atoms with Crippen molar-refractivity contribution in [1.82, 2.24) is 34.4 Å². The van der Waals surface area contributed by atoms with Crippen LogP contribution in [-0.4, -0.2) is 98.3 Å². The highest BCUT2D eigenvalue weighted by atomic mass is 32.1. The van der Waals surface area contributed by atoms with Gasteiger partial charge in [0.2, 0.25) is 5.91 Å². The molecule has 12 heteroatoms. The maximum Gasteiger partial charge on any atom is 0.237 e. The van der Waals surface area contributed by atoms with Crippen LogP contribution in [0, 0.1) is 0 Å². The number of morpholine rings is 1. The number of piperazine rings is 1. The molecule has 0 aliphatic carbocycles. The van der Waals surface area contributed by atoms with Gasteiger partial charge in [-0.3, -0.25) is 19.0 Å². The molecular weight excluding hydrogens is 490 g/mol. The van der Waals surface area contributed by atoms with E-state index in [-0.39, 0.29) is 5.91 Å². The minimum atomic E-state index is -0.629. The largest absolute Gasteiger partial charge is 0.378 e. The lowest BCUT2D eigenvalue weighted by Crippen LogP contribution is -2.59. The van der Waals surface area contributed by atoms with Gasteiger partial charge in [0.1, 0.15) is 6.33 Å². The third-order valence-corrected chi connectivity index (χ3v) is 8.53. The number of fused-ring (bicyclic) bond motifs is 2. The second-order valence-electron chi connectivity index (χ2n) is 10.1. The number of pyridine rings is 1. The van der Waals surface area contributed by atoms with E-state index in [1.807, 2.05) is 36.4 Å². The van der Waals surface area contributed by atoms with Gasteiger partial charge in [-0.2, -0.15) is 0 Å². The molecule has 0 atom stereocenters. The van der Waals surface area contributed by atoms with E-state index in [1.54, 1.807) is 17.7 Å². The molecule has 6 rings (SSSR count). The fourth-order valence-corrected chi connectivity index (χ4v) is 6.17. The first-order valence-corrected chi connectivity index (χ1v) is 13.4. The monoisotopic (exact) mass is 521 g/mol. The summed E-state index contributed by atoms with van der Waals surface area (Å²) in [5.41, 5.74) is 7.58. The first kappa shape index (κ1) is 24.2. The van der Waals surface area contributed by atoms with E-state index in [0.29, 0.717) is 19.0 Å². The van der Waals surface area contributed by atoms with Crippen LogP contribution in [0.25, 0.3) is 27.4 Å². The van der Waals surface area contributed by atoms with Crippen molar-refractivity contribution in [3.05, 3.63) is 35.5 Å². The lowest BCUT2D eigenvalue weighted by molar-refractivity contribution is -0.129. The molecule has 0 spiro atoms. The number of hydrogen-bond donors (Lipinski definition) is 1. The lowest BCUT2D eigenvalue weighted by Gasteiger charge is -2.42. The zero-order valence-electron chi connectivity index (χ0n) is 21.1. The van der Waals surface area contributed by atoms with E-state index in [4.69, 9.17) is 20.4 Å². The average molecular weight is 522 g/mol. The number of thiophene rings is 1. The van der Waals surface area contributed by atoms with Crippen LogP contribution in [0.4, 0.5) is 5.82 Å². The van der Waals surface area contributed by atoms with Crippen molar-refractivity contribution in [3.63, 3.8) is 0 Å². The predicted octanol–water partition coefficient (Wildman–Crippen LogP) is 1.62. The first-order valence-electron chi connectivity index (χ1n) is 12.6. The summed E-state index contributed by atoms with van der Waals surface area (Å²) in [5, 5.41) is 8.24. The highest BCUT2D eigenvalue weighted by Crippen LogP contribution is 2.35. The van der Waals surface area contributed by atoms with E-state index in [2.05, 4.69) is 31.0 Å². The van der Waals surface area contributed by atoms with Gasteiger partial charge in [0, 0.05) is 50.7 Å². The number of primary amides is 1. The summed E-state index contributed by atoms with van der Waals surface area (Å²) in [7, 11) is 0. The first-order chi connectivity index (χ1) is 17.9. The van der Waals surface area contributed by atoms with Crippen molar-refractivity contribution < 1.29 is 9.53 Å². The van der Waals surface area contributed by atoms with Crippen LogP contribution in [0.3, 0.4) is 0 Å². The Hall–Kier alpha value is -3.19. The van der Waals surface area contributed by atoms with E-state index in [0.717, 1.165) is 73.2 Å². The maximum absolute atomic E-state index is 11.9. The van der Waals surface area contributed by atoms with Gasteiger partial charge >= 0.3 is 0 Å². The van der Waals surface area contributed by atoms with Crippen molar-refractivity contribution in [3.8, 4) is 11.5 Å². The molecule has 37 heavy (non-hydrogen) atoms. The molecule has 2 fully saturated rings. The van der Waals surface area contributed by atoms with Crippen LogP contribution in [0.1, 0.15) is 18.7 Å². The number of anilines is 1. The fraction of sp³-hybridized carbons (Fsp3) is 0.480. The third kappa shape index (κ3) is 4.54. The van der Waals surface area contributed by atoms with Gasteiger partial charge in [-0.15, -0.1) is 21.5 Å². The normalized spacial score (nSPS) is 18.2. The number of amides is 1. The molecule has 0 unspecified atom stereocenters. The molecular formula is C25H31N9O2S. The van der Waals surface area contributed by atoms with E-state index >= 15 is 0 Å². The second-order valence-corrected chi connectivity index (χ2v) is 11.2. The van der Waals surface area contributed by atoms with Gasteiger partial charge in [0.15, 0.2) is 17.3 Å². The van der Waals surface area contributed by atoms with Gasteiger partial charge in [-0.05, 0) is 32.0 Å². The number of aromatic nitrogens is 5. The van der Waals surface area contributed by atoms with Crippen LogP contribution in [0.2, 0.25) is 0 Å². The van der Waals surface area contributed by atoms with E-state index < -0.39 is 5.54 Å². The summed E-state index contributed by atoms with van der Waals surface area (Å²) in [6, 6.07) is 8.08. The number of rotatable bonds is 6. The van der Waals surface area contributed by atoms with Crippen molar-refractivity contribution >= 4 is 38.9 Å². The molecule has 11 nitrogen and oxygen atoms in total. The predicted molar refractivity (Wildman–Crippen MR) is 143 cm³/mol. The van der Waals surface area contributed by atoms with Crippen LogP contribution in [0.5, 0.6) is 0 Å². The second kappa shape index (κ2) is 9.60. The highest BCUT2D eigenvalue weighted by Gasteiger charge is 2.34. The van der Waals surface area contributed by atoms with Crippen molar-refractivity contribution in [2.24, 2.45) is 5.73 Å². The number of ether oxygens (including phenoxy) is 1. The molecule has 194 valence electrons. The topological polar surface area (TPSA) is 118 Å². The summed E-state index contributed by atoms with van der Waals surface area (Å²) in [5.74, 6) is 1.33. The molecule has 4 aromatic rings. The van der Waals surface area contributed by atoms with Crippen molar-refractivity contribution in [1.29, 1.82) is 0 Å². The molecule has 0 saturated carbocycles. The Morgan fingerprint density at radius 2 is 1.89 bits per heavy atom. The molecule has 0 bridgehead atoms. The Labute approximate surface area is 218 Å². The fourth-order valence-electron chi connectivity index (χ4n) is 5.02. The Balaban J connectivity index is 1.31. The molecule has 2 saturated heterocycles. The minimum Gasteiger partial charge on any atom is -0.378 e. The van der Waals surface area contributed by atoms with Gasteiger partial charge in [-0.1, -0.05) is 6.07 Å². The van der Waals surface area contributed by atoms with Gasteiger partial charge < -0.3 is 15.4 Å². The number of hydrogen-bond acceptors (Lipinski definition) is 10. The molecule has 2 aliphatic rings. The Morgan fingerprint density at radius 1 is 1.11 bits per heavy atom. The van der Waals surface area contributed by atoms with E-state index in [9.17, 15) is 4.79 Å². The molecule has 6 heterocycles. The summed E-state index contributed by atoms with van der Waals surface area (Å²) in [4.78, 5) is 30.1. The lowest BCUT2D eigenvalue weighted by atomic mass is 10.0. The summed E-state index contributed by atoms with van der Waals surface area (Å²) < 4.78 is 8.63. The summed E-state index contributed by atoms with van der Waals surface area (Å²) >= 11 is 1.76. The van der Waals surface area contributed by atoms with Crippen LogP contribution >= 0.6 is 11.3 Å². The highest BCUT2D eigenvalue weighted by molar-refractivity contribution is 7.19. The molecule has 0 aromatic carbocycles. The molecule has 0 radical (unpaired) electrons. The summed E-state index contributed by atoms with van der Waals surface area (Å²) in [6.07, 6.45) is 1.70. The average Bonchev–Trinajstić information content (AvgIpc) is 3.55. The maximum atomic E-state index is 11.9. The van der Waals surface area contributed by atoms with Gasteiger partial charge in [0.25, 0.3) is 0 Å². The Kier molecular flexibility index (Phi) is 6.27. The number of nitrogens with two attached hydrogens (primary N) is 1. The molecule has 2 aliphatic heterocycles. The number of nitrogens with zero attached hydrogens (tertiary/aromatic N) is 8. The molecule has 1 amide bonds.